The first-order valence-electron chi connectivity index (χ1n) is 6.82. The van der Waals surface area contributed by atoms with Crippen molar-refractivity contribution in [3.8, 4) is 0 Å². The smallest absolute Gasteiger partial charge is 0.136 e. The molecule has 0 unspecified atom stereocenters. The zero-order valence-electron chi connectivity index (χ0n) is 11.9. The summed E-state index contributed by atoms with van der Waals surface area (Å²) in [6, 6.07) is 10.2. The number of anilines is 1. The highest BCUT2D eigenvalue weighted by Gasteiger charge is 2.10. The highest BCUT2D eigenvalue weighted by Crippen LogP contribution is 2.25. The van der Waals surface area contributed by atoms with Crippen LogP contribution in [0.3, 0.4) is 0 Å². The van der Waals surface area contributed by atoms with Gasteiger partial charge >= 0.3 is 0 Å². The van der Waals surface area contributed by atoms with Gasteiger partial charge in [-0.25, -0.2) is 4.98 Å². The molecule has 2 rings (SSSR count). The van der Waals surface area contributed by atoms with E-state index in [1.165, 1.54) is 0 Å². The van der Waals surface area contributed by atoms with E-state index in [0.29, 0.717) is 5.92 Å². The van der Waals surface area contributed by atoms with Crippen molar-refractivity contribution in [2.24, 2.45) is 5.92 Å². The fourth-order valence-corrected chi connectivity index (χ4v) is 2.16. The molecule has 2 aromatic rings. The topological polar surface area (TPSA) is 36.4 Å². The van der Waals surface area contributed by atoms with Crippen molar-refractivity contribution in [3.05, 3.63) is 36.0 Å². The summed E-state index contributed by atoms with van der Waals surface area (Å²) in [4.78, 5) is 6.76. The predicted molar refractivity (Wildman–Crippen MR) is 80.4 cm³/mol. The molecular weight excluding hydrogens is 236 g/mol. The monoisotopic (exact) mass is 258 g/mol. The summed E-state index contributed by atoms with van der Waals surface area (Å²) in [6.45, 7) is 5.41. The Morgan fingerprint density at radius 1 is 1.26 bits per heavy atom. The summed E-state index contributed by atoms with van der Waals surface area (Å²) >= 11 is 0. The zero-order valence-corrected chi connectivity index (χ0v) is 11.9. The fraction of sp³-hybridized carbons (Fsp3) is 0.438. The summed E-state index contributed by atoms with van der Waals surface area (Å²) < 4.78 is 0. The first-order chi connectivity index (χ1) is 9.11. The van der Waals surface area contributed by atoms with Crippen LogP contribution in [0.4, 0.5) is 5.82 Å². The summed E-state index contributed by atoms with van der Waals surface area (Å²) in [6.07, 6.45) is 1.13. The number of aliphatic hydroxyl groups excluding tert-OH is 1. The molecule has 19 heavy (non-hydrogen) atoms. The van der Waals surface area contributed by atoms with Crippen LogP contribution in [0.1, 0.15) is 26.0 Å². The molecule has 0 amide bonds. The van der Waals surface area contributed by atoms with Crippen LogP contribution in [0.15, 0.2) is 30.3 Å². The maximum absolute atomic E-state index is 9.34. The lowest BCUT2D eigenvalue weighted by atomic mass is 10.1. The number of benzene rings is 1. The summed E-state index contributed by atoms with van der Waals surface area (Å²) in [7, 11) is 2.07. The molecule has 0 radical (unpaired) electrons. The third-order valence-electron chi connectivity index (χ3n) is 3.34. The van der Waals surface area contributed by atoms with Gasteiger partial charge in [-0.1, -0.05) is 38.1 Å². The quantitative estimate of drug-likeness (QED) is 0.894. The number of aromatic nitrogens is 1. The SMILES string of the molecule is CC(C)CCN(C)c1nc(CO)cc2ccccc12. The average molecular weight is 258 g/mol. The maximum atomic E-state index is 9.34. The summed E-state index contributed by atoms with van der Waals surface area (Å²) in [5.74, 6) is 1.64. The molecule has 0 fully saturated rings. The van der Waals surface area contributed by atoms with Crippen molar-refractivity contribution in [3.63, 3.8) is 0 Å². The second-order valence-corrected chi connectivity index (χ2v) is 5.42. The lowest BCUT2D eigenvalue weighted by Crippen LogP contribution is -2.21. The van der Waals surface area contributed by atoms with E-state index in [0.717, 1.165) is 35.2 Å². The first kappa shape index (κ1) is 13.8. The number of rotatable bonds is 5. The average Bonchev–Trinajstić information content (AvgIpc) is 2.43. The van der Waals surface area contributed by atoms with E-state index >= 15 is 0 Å². The molecule has 3 nitrogen and oxygen atoms in total. The summed E-state index contributed by atoms with van der Waals surface area (Å²) in [5.41, 5.74) is 0.727. The second-order valence-electron chi connectivity index (χ2n) is 5.42. The molecule has 0 atom stereocenters. The number of pyridine rings is 1. The van der Waals surface area contributed by atoms with E-state index in [2.05, 4.69) is 42.9 Å². The Bertz CT molecular complexity index is 551. The van der Waals surface area contributed by atoms with Crippen LogP contribution in [0.25, 0.3) is 10.8 Å². The van der Waals surface area contributed by atoms with Crippen LogP contribution in [0.5, 0.6) is 0 Å². The van der Waals surface area contributed by atoms with Crippen LogP contribution >= 0.6 is 0 Å². The highest BCUT2D eigenvalue weighted by molar-refractivity contribution is 5.92. The summed E-state index contributed by atoms with van der Waals surface area (Å²) in [5, 5.41) is 11.6. The van der Waals surface area contributed by atoms with Crippen LogP contribution in [0.2, 0.25) is 0 Å². The van der Waals surface area contributed by atoms with E-state index in [-0.39, 0.29) is 6.61 Å². The van der Waals surface area contributed by atoms with Gasteiger partial charge in [-0.15, -0.1) is 0 Å². The van der Waals surface area contributed by atoms with Crippen LogP contribution in [-0.2, 0) is 6.61 Å². The van der Waals surface area contributed by atoms with E-state index in [1.807, 2.05) is 18.2 Å². The molecule has 1 heterocycles. The number of aliphatic hydroxyl groups is 1. The molecule has 1 N–H and O–H groups in total. The number of hydrogen-bond donors (Lipinski definition) is 1. The van der Waals surface area contributed by atoms with E-state index in [1.54, 1.807) is 0 Å². The molecule has 0 aliphatic carbocycles. The standard InChI is InChI=1S/C16H22N2O/c1-12(2)8-9-18(3)16-15-7-5-4-6-13(15)10-14(11-19)17-16/h4-7,10,12,19H,8-9,11H2,1-3H3. The molecule has 0 spiro atoms. The molecule has 0 aliphatic rings. The van der Waals surface area contributed by atoms with Gasteiger partial charge in [0.2, 0.25) is 0 Å². The van der Waals surface area contributed by atoms with Crippen LogP contribution < -0.4 is 4.90 Å². The zero-order chi connectivity index (χ0) is 13.8. The minimum absolute atomic E-state index is 0.0180. The fourth-order valence-electron chi connectivity index (χ4n) is 2.16. The van der Waals surface area contributed by atoms with Gasteiger partial charge in [0.25, 0.3) is 0 Å². The molecule has 1 aromatic carbocycles. The van der Waals surface area contributed by atoms with Crippen molar-refractivity contribution < 1.29 is 5.11 Å². The molecule has 0 bridgehead atoms. The number of hydrogen-bond acceptors (Lipinski definition) is 3. The Morgan fingerprint density at radius 2 is 2.00 bits per heavy atom. The van der Waals surface area contributed by atoms with Crippen molar-refractivity contribution in [1.82, 2.24) is 4.98 Å². The van der Waals surface area contributed by atoms with Crippen molar-refractivity contribution in [1.29, 1.82) is 0 Å². The Balaban J connectivity index is 2.39. The van der Waals surface area contributed by atoms with Gasteiger partial charge in [0.1, 0.15) is 5.82 Å². The maximum Gasteiger partial charge on any atom is 0.136 e. The van der Waals surface area contributed by atoms with Crippen molar-refractivity contribution in [2.45, 2.75) is 26.9 Å². The van der Waals surface area contributed by atoms with E-state index < -0.39 is 0 Å². The van der Waals surface area contributed by atoms with Gasteiger partial charge in [0, 0.05) is 19.0 Å². The molecule has 1 aromatic heterocycles. The predicted octanol–water partition coefficient (Wildman–Crippen LogP) is 3.21. The minimum Gasteiger partial charge on any atom is -0.390 e. The third-order valence-corrected chi connectivity index (χ3v) is 3.34. The Morgan fingerprint density at radius 3 is 2.68 bits per heavy atom. The molecular formula is C16H22N2O. The van der Waals surface area contributed by atoms with Gasteiger partial charge in [0.15, 0.2) is 0 Å². The Kier molecular flexibility index (Phi) is 4.38. The van der Waals surface area contributed by atoms with Gasteiger partial charge < -0.3 is 10.0 Å². The highest BCUT2D eigenvalue weighted by atomic mass is 16.3. The third kappa shape index (κ3) is 3.24. The van der Waals surface area contributed by atoms with Crippen molar-refractivity contribution in [2.75, 3.05) is 18.5 Å². The molecule has 0 saturated heterocycles. The second kappa shape index (κ2) is 6.02. The van der Waals surface area contributed by atoms with Crippen LogP contribution in [-0.4, -0.2) is 23.7 Å². The largest absolute Gasteiger partial charge is 0.390 e. The van der Waals surface area contributed by atoms with Gasteiger partial charge in [-0.2, -0.15) is 0 Å². The van der Waals surface area contributed by atoms with Gasteiger partial charge in [-0.3, -0.25) is 0 Å². The lowest BCUT2D eigenvalue weighted by molar-refractivity contribution is 0.277. The number of nitrogens with zero attached hydrogens (tertiary/aromatic N) is 2. The Labute approximate surface area is 114 Å². The van der Waals surface area contributed by atoms with Gasteiger partial charge in [-0.05, 0) is 23.8 Å². The Hall–Kier alpha value is -1.61. The molecule has 3 heteroatoms. The van der Waals surface area contributed by atoms with E-state index in [4.69, 9.17) is 0 Å². The van der Waals surface area contributed by atoms with Crippen molar-refractivity contribution >= 4 is 16.6 Å². The first-order valence-corrected chi connectivity index (χ1v) is 6.82. The van der Waals surface area contributed by atoms with Gasteiger partial charge in [0.05, 0.1) is 12.3 Å². The number of fused-ring (bicyclic) bond motifs is 1. The van der Waals surface area contributed by atoms with Crippen LogP contribution in [0, 0.1) is 5.92 Å². The van der Waals surface area contributed by atoms with E-state index in [9.17, 15) is 5.11 Å². The molecule has 102 valence electrons. The normalized spacial score (nSPS) is 11.2. The minimum atomic E-state index is -0.0180. The molecule has 0 saturated carbocycles. The molecule has 0 aliphatic heterocycles. The lowest BCUT2D eigenvalue weighted by Gasteiger charge is -2.21.